The molecule has 9 heteroatoms. The molecule has 1 aromatic carbocycles. The molecular formula is C22H22BN3O5. The van der Waals surface area contributed by atoms with Crippen LogP contribution in [-0.4, -0.2) is 47.4 Å². The zero-order chi connectivity index (χ0) is 21.8. The minimum atomic E-state index is -0.968. The fraction of sp³-hybridized carbons (Fsp3) is 0.500. The summed E-state index contributed by atoms with van der Waals surface area (Å²) in [6.07, 6.45) is 6.20. The summed E-state index contributed by atoms with van der Waals surface area (Å²) in [6, 6.07) is 3.88. The predicted octanol–water partition coefficient (Wildman–Crippen LogP) is 1.97. The van der Waals surface area contributed by atoms with E-state index in [2.05, 4.69) is 11.3 Å². The van der Waals surface area contributed by atoms with Crippen LogP contribution in [0.1, 0.15) is 59.2 Å². The normalized spacial score (nSPS) is 25.2. The molecule has 0 bridgehead atoms. The summed E-state index contributed by atoms with van der Waals surface area (Å²) in [5, 5.41) is 11.3. The van der Waals surface area contributed by atoms with Crippen molar-refractivity contribution in [3.63, 3.8) is 0 Å². The minimum absolute atomic E-state index is 0.0649. The Morgan fingerprint density at radius 2 is 1.81 bits per heavy atom. The first-order valence-corrected chi connectivity index (χ1v) is 10.8. The molecule has 2 saturated heterocycles. The SMILES string of the molecule is N#CB1CCC2(CC1)CC(Oc1ccc3c(c1)C(=O)N(C1CCC(=O)NC1=O)C3=O)C2. The van der Waals surface area contributed by atoms with Crippen molar-refractivity contribution in [1.82, 2.24) is 10.2 Å². The highest BCUT2D eigenvalue weighted by Gasteiger charge is 2.48. The van der Waals surface area contributed by atoms with E-state index in [1.807, 2.05) is 0 Å². The Kier molecular flexibility index (Phi) is 4.61. The second kappa shape index (κ2) is 7.22. The van der Waals surface area contributed by atoms with Gasteiger partial charge < -0.3 is 4.74 Å². The van der Waals surface area contributed by atoms with Gasteiger partial charge in [-0.3, -0.25) is 29.4 Å². The molecule has 1 saturated carbocycles. The van der Waals surface area contributed by atoms with Crippen LogP contribution in [0.25, 0.3) is 0 Å². The lowest BCUT2D eigenvalue weighted by molar-refractivity contribution is -0.136. The van der Waals surface area contributed by atoms with Crippen molar-refractivity contribution in [3.8, 4) is 11.7 Å². The Balaban J connectivity index is 1.26. The van der Waals surface area contributed by atoms with Gasteiger partial charge in [-0.25, -0.2) is 5.26 Å². The van der Waals surface area contributed by atoms with Gasteiger partial charge in [0.25, 0.3) is 18.5 Å². The van der Waals surface area contributed by atoms with Crippen LogP contribution in [0.5, 0.6) is 5.75 Å². The summed E-state index contributed by atoms with van der Waals surface area (Å²) < 4.78 is 6.08. The smallest absolute Gasteiger partial charge is 0.267 e. The van der Waals surface area contributed by atoms with E-state index in [0.29, 0.717) is 5.75 Å². The number of imide groups is 2. The van der Waals surface area contributed by atoms with E-state index in [-0.39, 0.29) is 42.2 Å². The van der Waals surface area contributed by atoms with Gasteiger partial charge in [-0.1, -0.05) is 25.5 Å². The van der Waals surface area contributed by atoms with Crippen molar-refractivity contribution >= 4 is 30.3 Å². The molecule has 31 heavy (non-hydrogen) atoms. The van der Waals surface area contributed by atoms with Crippen LogP contribution in [0.4, 0.5) is 0 Å². The molecule has 8 nitrogen and oxygen atoms in total. The van der Waals surface area contributed by atoms with Gasteiger partial charge in [-0.15, -0.1) is 0 Å². The zero-order valence-electron chi connectivity index (χ0n) is 17.1. The van der Waals surface area contributed by atoms with Gasteiger partial charge in [0.05, 0.1) is 17.2 Å². The van der Waals surface area contributed by atoms with E-state index in [0.717, 1.165) is 43.2 Å². The van der Waals surface area contributed by atoms with Crippen LogP contribution in [-0.2, 0) is 9.59 Å². The maximum Gasteiger partial charge on any atom is 0.267 e. The molecule has 1 unspecified atom stereocenters. The van der Waals surface area contributed by atoms with Crippen molar-refractivity contribution in [2.75, 3.05) is 0 Å². The third kappa shape index (κ3) is 3.30. The van der Waals surface area contributed by atoms with Crippen LogP contribution in [0.3, 0.4) is 0 Å². The maximum atomic E-state index is 12.9. The monoisotopic (exact) mass is 419 g/mol. The Morgan fingerprint density at radius 3 is 2.48 bits per heavy atom. The molecule has 3 fully saturated rings. The molecule has 1 N–H and O–H groups in total. The molecule has 1 atom stereocenters. The molecule has 0 radical (unpaired) electrons. The summed E-state index contributed by atoms with van der Waals surface area (Å²) in [7, 11) is 0. The summed E-state index contributed by atoms with van der Waals surface area (Å²) in [5.74, 6) is 0.849. The summed E-state index contributed by atoms with van der Waals surface area (Å²) in [4.78, 5) is 50.2. The molecule has 4 amide bonds. The van der Waals surface area contributed by atoms with E-state index in [9.17, 15) is 19.2 Å². The second-order valence-electron chi connectivity index (χ2n) is 9.21. The summed E-state index contributed by atoms with van der Waals surface area (Å²) in [6.45, 7) is 0.179. The number of nitrogens with one attached hydrogen (secondary N) is 1. The summed E-state index contributed by atoms with van der Waals surface area (Å²) in [5.41, 5.74) is 0.765. The first kappa shape index (κ1) is 19.8. The molecule has 3 heterocycles. The molecule has 5 rings (SSSR count). The number of hydrogen-bond acceptors (Lipinski definition) is 6. The Bertz CT molecular complexity index is 1030. The Hall–Kier alpha value is -3.15. The van der Waals surface area contributed by atoms with Crippen molar-refractivity contribution in [2.45, 2.75) is 63.3 Å². The lowest BCUT2D eigenvalue weighted by atomic mass is 9.37. The van der Waals surface area contributed by atoms with Gasteiger partial charge >= 0.3 is 0 Å². The molecule has 158 valence electrons. The van der Waals surface area contributed by atoms with Crippen molar-refractivity contribution in [1.29, 1.82) is 5.26 Å². The number of fused-ring (bicyclic) bond motifs is 1. The van der Waals surface area contributed by atoms with Crippen LogP contribution < -0.4 is 10.1 Å². The highest BCUT2D eigenvalue weighted by atomic mass is 16.5. The number of ether oxygens (including phenoxy) is 1. The number of carbonyl (C=O) groups is 4. The highest BCUT2D eigenvalue weighted by molar-refractivity contribution is 6.67. The van der Waals surface area contributed by atoms with Gasteiger partial charge in [-0.05, 0) is 42.9 Å². The third-order valence-electron chi connectivity index (χ3n) is 7.26. The van der Waals surface area contributed by atoms with E-state index < -0.39 is 29.7 Å². The number of nitriles is 1. The number of nitrogens with zero attached hydrogens (tertiary/aromatic N) is 2. The van der Waals surface area contributed by atoms with Gasteiger partial charge in [0.15, 0.2) is 0 Å². The maximum absolute atomic E-state index is 12.9. The van der Waals surface area contributed by atoms with Gasteiger partial charge in [0.1, 0.15) is 11.8 Å². The molecule has 1 aromatic rings. The quantitative estimate of drug-likeness (QED) is 0.592. The van der Waals surface area contributed by atoms with Crippen LogP contribution >= 0.6 is 0 Å². The zero-order valence-corrected chi connectivity index (χ0v) is 17.1. The number of hydrogen-bond donors (Lipinski definition) is 1. The fourth-order valence-corrected chi connectivity index (χ4v) is 5.47. The van der Waals surface area contributed by atoms with Crippen LogP contribution in [0.15, 0.2) is 18.2 Å². The summed E-state index contributed by atoms with van der Waals surface area (Å²) >= 11 is 0. The minimum Gasteiger partial charge on any atom is -0.490 e. The fourth-order valence-electron chi connectivity index (χ4n) is 5.47. The van der Waals surface area contributed by atoms with E-state index in [1.165, 1.54) is 0 Å². The average molecular weight is 419 g/mol. The van der Waals surface area contributed by atoms with Crippen molar-refractivity contribution in [3.05, 3.63) is 29.3 Å². The van der Waals surface area contributed by atoms with Crippen molar-refractivity contribution in [2.24, 2.45) is 5.41 Å². The average Bonchev–Trinajstić information content (AvgIpc) is 2.98. The topological polar surface area (TPSA) is 117 Å². The lowest BCUT2D eigenvalue weighted by Gasteiger charge is -2.50. The number of piperidine rings is 1. The van der Waals surface area contributed by atoms with Crippen molar-refractivity contribution < 1.29 is 23.9 Å². The predicted molar refractivity (Wildman–Crippen MR) is 109 cm³/mol. The standard InChI is InChI=1S/C22H22BN3O5/c24-12-23-7-5-22(6-8-23)10-14(11-22)31-13-1-2-15-16(9-13)21(30)26(20(15)29)17-3-4-18(27)25-19(17)28/h1-2,9,14,17H,3-8,10-11H2,(H,25,27,28). The molecule has 4 aliphatic rings. The van der Waals surface area contributed by atoms with Gasteiger partial charge in [0.2, 0.25) is 11.8 Å². The number of amides is 4. The van der Waals surface area contributed by atoms with E-state index in [1.54, 1.807) is 18.2 Å². The van der Waals surface area contributed by atoms with Crippen LogP contribution in [0, 0.1) is 16.6 Å². The molecule has 0 aromatic heterocycles. The largest absolute Gasteiger partial charge is 0.490 e. The van der Waals surface area contributed by atoms with Crippen LogP contribution in [0.2, 0.25) is 12.6 Å². The Morgan fingerprint density at radius 1 is 1.10 bits per heavy atom. The second-order valence-corrected chi connectivity index (χ2v) is 9.21. The molecular weight excluding hydrogens is 397 g/mol. The number of benzene rings is 1. The Labute approximate surface area is 180 Å². The van der Waals surface area contributed by atoms with E-state index >= 15 is 0 Å². The third-order valence-corrected chi connectivity index (χ3v) is 7.26. The van der Waals surface area contributed by atoms with Gasteiger partial charge in [-0.2, -0.15) is 0 Å². The highest BCUT2D eigenvalue weighted by Crippen LogP contribution is 2.53. The first-order valence-electron chi connectivity index (χ1n) is 10.8. The lowest BCUT2D eigenvalue weighted by Crippen LogP contribution is -2.54. The number of rotatable bonds is 3. The van der Waals surface area contributed by atoms with Gasteiger partial charge in [0, 0.05) is 12.4 Å². The first-order chi connectivity index (χ1) is 14.9. The molecule has 1 aliphatic carbocycles. The number of carbonyl (C=O) groups excluding carboxylic acids is 4. The van der Waals surface area contributed by atoms with E-state index in [4.69, 9.17) is 10.00 Å². The molecule has 1 spiro atoms. The molecule has 3 aliphatic heterocycles.